The van der Waals surface area contributed by atoms with E-state index in [1.165, 1.54) is 13.4 Å². The molecule has 0 spiro atoms. The van der Waals surface area contributed by atoms with E-state index in [0.717, 1.165) is 23.3 Å². The molecular formula is C16H25BO2. The first-order valence-electron chi connectivity index (χ1n) is 6.93. The minimum atomic E-state index is -0.258. The molecule has 0 amide bonds. The molecule has 19 heavy (non-hydrogen) atoms. The summed E-state index contributed by atoms with van der Waals surface area (Å²) in [5.41, 5.74) is 3.47. The number of aryl methyl sites for hydroxylation is 2. The molecule has 1 aromatic rings. The molecule has 2 nitrogen and oxygen atoms in total. The van der Waals surface area contributed by atoms with Crippen LogP contribution in [-0.2, 0) is 5.41 Å². The zero-order valence-electron chi connectivity index (χ0n) is 13.3. The number of hydrogen-bond acceptors (Lipinski definition) is 2. The molecule has 0 radical (unpaired) electrons. The summed E-state index contributed by atoms with van der Waals surface area (Å²) in [5, 5.41) is 0. The van der Waals surface area contributed by atoms with Crippen molar-refractivity contribution in [3.63, 3.8) is 0 Å². The Kier molecular flexibility index (Phi) is 4.83. The van der Waals surface area contributed by atoms with E-state index in [2.05, 4.69) is 40.7 Å². The van der Waals surface area contributed by atoms with E-state index >= 15 is 0 Å². The van der Waals surface area contributed by atoms with E-state index in [0.29, 0.717) is 5.92 Å². The highest BCUT2D eigenvalue weighted by Crippen LogP contribution is 2.39. The summed E-state index contributed by atoms with van der Waals surface area (Å²) in [4.78, 5) is 11.3. The maximum absolute atomic E-state index is 11.3. The number of carbonyl (C=O) groups is 1. The molecule has 0 N–H and O–H groups in total. The van der Waals surface area contributed by atoms with Crippen molar-refractivity contribution >= 4 is 13.7 Å². The molecule has 1 aromatic carbocycles. The molecule has 0 saturated carbocycles. The number of rotatable bonds is 4. The van der Waals surface area contributed by atoms with Crippen LogP contribution >= 0.6 is 0 Å². The fraction of sp³-hybridized carbons (Fsp3) is 0.562. The average Bonchev–Trinajstić information content (AvgIpc) is 2.10. The normalized spacial score (nSPS) is 11.7. The van der Waals surface area contributed by atoms with Crippen molar-refractivity contribution in [1.82, 2.24) is 0 Å². The van der Waals surface area contributed by atoms with Gasteiger partial charge in [-0.15, -0.1) is 0 Å². The Balaban J connectivity index is 3.35. The van der Waals surface area contributed by atoms with Gasteiger partial charge in [0.1, 0.15) is 5.75 Å². The molecule has 104 valence electrons. The zero-order valence-corrected chi connectivity index (χ0v) is 13.3. The monoisotopic (exact) mass is 260 g/mol. The molecule has 0 aliphatic carbocycles. The Hall–Kier alpha value is -1.25. The molecule has 0 bridgehead atoms. The van der Waals surface area contributed by atoms with Crippen LogP contribution in [0.15, 0.2) is 12.1 Å². The number of carbonyl (C=O) groups excluding carboxylic acids is 1. The van der Waals surface area contributed by atoms with Gasteiger partial charge in [0.2, 0.25) is 13.7 Å². The third-order valence-electron chi connectivity index (χ3n) is 3.29. The van der Waals surface area contributed by atoms with Crippen LogP contribution in [0.3, 0.4) is 0 Å². The summed E-state index contributed by atoms with van der Waals surface area (Å²) < 4.78 is 5.44. The Morgan fingerprint density at radius 2 is 1.89 bits per heavy atom. The van der Waals surface area contributed by atoms with Crippen LogP contribution in [0.25, 0.3) is 0 Å². The van der Waals surface area contributed by atoms with Crippen molar-refractivity contribution in [1.29, 1.82) is 0 Å². The zero-order chi connectivity index (χ0) is 14.8. The highest BCUT2D eigenvalue weighted by molar-refractivity contribution is 6.55. The maximum Gasteiger partial charge on any atom is 0.248 e. The predicted molar refractivity (Wildman–Crippen MR) is 83.0 cm³/mol. The minimum Gasteiger partial charge on any atom is -0.435 e. The minimum absolute atomic E-state index is 0.00324. The largest absolute Gasteiger partial charge is 0.435 e. The van der Waals surface area contributed by atoms with Gasteiger partial charge in [0.15, 0.2) is 0 Å². The second-order valence-electron chi connectivity index (χ2n) is 6.53. The summed E-state index contributed by atoms with van der Waals surface area (Å²) in [5.74, 6) is 1.06. The third-order valence-corrected chi connectivity index (χ3v) is 3.29. The first kappa shape index (κ1) is 15.8. The van der Waals surface area contributed by atoms with E-state index in [-0.39, 0.29) is 11.3 Å². The van der Waals surface area contributed by atoms with Gasteiger partial charge in [0, 0.05) is 5.56 Å². The smallest absolute Gasteiger partial charge is 0.248 e. The van der Waals surface area contributed by atoms with Gasteiger partial charge < -0.3 is 4.74 Å². The molecule has 1 rings (SSSR count). The van der Waals surface area contributed by atoms with Gasteiger partial charge in [-0.1, -0.05) is 33.8 Å². The van der Waals surface area contributed by atoms with E-state index < -0.39 is 0 Å². The molecule has 0 fully saturated rings. The van der Waals surface area contributed by atoms with Crippen molar-refractivity contribution in [2.24, 2.45) is 5.92 Å². The Labute approximate surface area is 118 Å². The number of ether oxygens (including phenoxy) is 1. The maximum atomic E-state index is 11.3. The van der Waals surface area contributed by atoms with Crippen LogP contribution in [0.5, 0.6) is 5.75 Å². The predicted octanol–water partition coefficient (Wildman–Crippen LogP) is 3.76. The Morgan fingerprint density at radius 1 is 1.32 bits per heavy atom. The van der Waals surface area contributed by atoms with Gasteiger partial charge in [-0.3, -0.25) is 4.79 Å². The van der Waals surface area contributed by atoms with Crippen LogP contribution in [0.4, 0.5) is 4.79 Å². The van der Waals surface area contributed by atoms with E-state index in [1.807, 2.05) is 13.0 Å². The van der Waals surface area contributed by atoms with Crippen LogP contribution in [-0.4, -0.2) is 13.7 Å². The lowest BCUT2D eigenvalue weighted by atomic mass is 9.75. The molecule has 0 unspecified atom stereocenters. The lowest BCUT2D eigenvalue weighted by Crippen LogP contribution is -2.23. The second-order valence-corrected chi connectivity index (χ2v) is 6.53. The highest BCUT2D eigenvalue weighted by Gasteiger charge is 2.28. The summed E-state index contributed by atoms with van der Waals surface area (Å²) in [6, 6.07) is 4.12. The van der Waals surface area contributed by atoms with Crippen molar-refractivity contribution in [3.8, 4) is 5.75 Å². The number of benzene rings is 1. The van der Waals surface area contributed by atoms with Crippen LogP contribution in [0.2, 0.25) is 0 Å². The summed E-state index contributed by atoms with van der Waals surface area (Å²) in [6.45, 7) is 13.0. The van der Waals surface area contributed by atoms with Crippen LogP contribution < -0.4 is 4.74 Å². The van der Waals surface area contributed by atoms with E-state index in [4.69, 9.17) is 4.74 Å². The van der Waals surface area contributed by atoms with Crippen molar-refractivity contribution in [3.05, 3.63) is 28.8 Å². The van der Waals surface area contributed by atoms with Gasteiger partial charge in [-0.05, 0) is 48.8 Å². The molecule has 0 aliphatic heterocycles. The molecule has 0 aromatic heterocycles. The quantitative estimate of drug-likeness (QED) is 0.770. The fourth-order valence-electron chi connectivity index (χ4n) is 3.15. The molecule has 0 aliphatic rings. The van der Waals surface area contributed by atoms with E-state index in [1.54, 1.807) is 0 Å². The Morgan fingerprint density at radius 3 is 2.37 bits per heavy atom. The van der Waals surface area contributed by atoms with Crippen molar-refractivity contribution < 1.29 is 9.53 Å². The van der Waals surface area contributed by atoms with Crippen molar-refractivity contribution in [2.45, 2.75) is 53.4 Å². The summed E-state index contributed by atoms with van der Waals surface area (Å²) in [6.07, 6.45) is 1.06. The lowest BCUT2D eigenvalue weighted by Gasteiger charge is -2.31. The SMILES string of the molecule is BC(=O)Oc1cc(C)cc(C)c1C(C)(C)CC(C)C. The highest BCUT2D eigenvalue weighted by atomic mass is 16.5. The Bertz CT molecular complexity index is 476. The second kappa shape index (κ2) is 5.81. The van der Waals surface area contributed by atoms with Crippen molar-refractivity contribution in [2.75, 3.05) is 0 Å². The lowest BCUT2D eigenvalue weighted by molar-refractivity contribution is 0.224. The summed E-state index contributed by atoms with van der Waals surface area (Å²) in [7, 11) is 1.46. The van der Waals surface area contributed by atoms with E-state index in [9.17, 15) is 4.79 Å². The van der Waals surface area contributed by atoms with Gasteiger partial charge in [-0.25, -0.2) is 0 Å². The molecule has 3 heteroatoms. The standard InChI is InChI=1S/C16H25BO2/c1-10(2)9-16(5,6)14-12(4)7-11(3)8-13(14)19-15(17)18/h7-8,10H,9,17H2,1-6H3. The van der Waals surface area contributed by atoms with Crippen LogP contribution in [0, 0.1) is 19.8 Å². The molecular weight excluding hydrogens is 235 g/mol. The molecule has 0 heterocycles. The fourth-order valence-corrected chi connectivity index (χ4v) is 3.15. The van der Waals surface area contributed by atoms with Gasteiger partial charge in [-0.2, -0.15) is 0 Å². The van der Waals surface area contributed by atoms with Gasteiger partial charge >= 0.3 is 0 Å². The van der Waals surface area contributed by atoms with Gasteiger partial charge in [0.05, 0.1) is 0 Å². The topological polar surface area (TPSA) is 26.3 Å². The van der Waals surface area contributed by atoms with Crippen LogP contribution in [0.1, 0.15) is 50.8 Å². The first-order valence-corrected chi connectivity index (χ1v) is 6.93. The van der Waals surface area contributed by atoms with Gasteiger partial charge in [0.25, 0.3) is 0 Å². The first-order chi connectivity index (χ1) is 8.63. The number of hydrogen-bond donors (Lipinski definition) is 0. The molecule has 0 atom stereocenters. The third kappa shape index (κ3) is 4.12. The summed E-state index contributed by atoms with van der Waals surface area (Å²) >= 11 is 0. The average molecular weight is 260 g/mol. The molecule has 0 saturated heterocycles.